The van der Waals surface area contributed by atoms with E-state index in [2.05, 4.69) is 12.1 Å². The molecule has 0 heterocycles. The topological polar surface area (TPSA) is 26.3 Å². The van der Waals surface area contributed by atoms with Crippen LogP contribution in [0.3, 0.4) is 0 Å². The van der Waals surface area contributed by atoms with Crippen LogP contribution in [0.25, 0.3) is 0 Å². The number of hydrogen-bond acceptors (Lipinski definition) is 2. The van der Waals surface area contributed by atoms with Crippen molar-refractivity contribution >= 4 is 5.97 Å². The number of methoxy groups -OCH3 is 1. The van der Waals surface area contributed by atoms with Crippen molar-refractivity contribution in [3.63, 3.8) is 0 Å². The maximum Gasteiger partial charge on any atom is 0.309 e. The lowest BCUT2D eigenvalue weighted by Crippen LogP contribution is -2.22. The Morgan fingerprint density at radius 3 is 2.44 bits per heavy atom. The first-order valence-corrected chi connectivity index (χ1v) is 5.87. The molecule has 86 valence electrons. The molecule has 0 amide bonds. The minimum Gasteiger partial charge on any atom is -0.469 e. The van der Waals surface area contributed by atoms with E-state index in [0.29, 0.717) is 11.8 Å². The van der Waals surface area contributed by atoms with E-state index >= 15 is 0 Å². The molecule has 1 aromatic carbocycles. The van der Waals surface area contributed by atoms with Gasteiger partial charge in [-0.1, -0.05) is 37.3 Å². The van der Waals surface area contributed by atoms with Gasteiger partial charge in [-0.25, -0.2) is 0 Å². The molecule has 2 nitrogen and oxygen atoms in total. The van der Waals surface area contributed by atoms with Crippen LogP contribution >= 0.6 is 0 Å². The van der Waals surface area contributed by atoms with Crippen molar-refractivity contribution in [1.29, 1.82) is 0 Å². The number of esters is 1. The summed E-state index contributed by atoms with van der Waals surface area (Å²) in [6.07, 6.45) is 2.47. The van der Waals surface area contributed by atoms with Crippen LogP contribution in [-0.2, 0) is 9.53 Å². The van der Waals surface area contributed by atoms with E-state index in [0.717, 1.165) is 0 Å². The fourth-order valence-electron chi connectivity index (χ4n) is 2.43. The summed E-state index contributed by atoms with van der Waals surface area (Å²) in [6.45, 7) is 1.97. The molecule has 1 aliphatic rings. The van der Waals surface area contributed by atoms with Crippen molar-refractivity contribution in [3.05, 3.63) is 35.9 Å². The van der Waals surface area contributed by atoms with E-state index in [1.807, 2.05) is 25.1 Å². The standard InChI is InChI=1S/C14H18O2/c1-10(14(15)16-2)13(12-8-9-12)11-6-4-3-5-7-11/h3-7,10,12-13H,8-9H2,1-2H3/t10?,13-/m1/s1. The summed E-state index contributed by atoms with van der Waals surface area (Å²) in [4.78, 5) is 11.6. The Kier molecular flexibility index (Phi) is 3.28. The number of rotatable bonds is 4. The zero-order valence-electron chi connectivity index (χ0n) is 9.85. The van der Waals surface area contributed by atoms with Crippen molar-refractivity contribution in [1.82, 2.24) is 0 Å². The Bertz CT molecular complexity index is 354. The summed E-state index contributed by atoms with van der Waals surface area (Å²) < 4.78 is 4.85. The molecular formula is C14H18O2. The van der Waals surface area contributed by atoms with Gasteiger partial charge in [0.1, 0.15) is 0 Å². The van der Waals surface area contributed by atoms with Crippen LogP contribution in [0.15, 0.2) is 30.3 Å². The van der Waals surface area contributed by atoms with Crippen LogP contribution in [0.2, 0.25) is 0 Å². The Balaban J connectivity index is 2.21. The molecule has 2 heteroatoms. The molecule has 1 saturated carbocycles. The molecule has 0 saturated heterocycles. The van der Waals surface area contributed by atoms with Crippen LogP contribution in [0.1, 0.15) is 31.2 Å². The lowest BCUT2D eigenvalue weighted by atomic mass is 9.83. The SMILES string of the molecule is COC(=O)C(C)[C@H](c1ccccc1)C1CC1. The lowest BCUT2D eigenvalue weighted by molar-refractivity contribution is -0.145. The summed E-state index contributed by atoms with van der Waals surface area (Å²) in [5, 5.41) is 0. The second-order valence-corrected chi connectivity index (χ2v) is 4.59. The first kappa shape index (κ1) is 11.2. The Morgan fingerprint density at radius 1 is 1.31 bits per heavy atom. The van der Waals surface area contributed by atoms with Crippen molar-refractivity contribution in [2.75, 3.05) is 7.11 Å². The van der Waals surface area contributed by atoms with Gasteiger partial charge in [-0.15, -0.1) is 0 Å². The van der Waals surface area contributed by atoms with Crippen LogP contribution in [0, 0.1) is 11.8 Å². The normalized spacial score (nSPS) is 18.9. The molecule has 1 aromatic rings. The second kappa shape index (κ2) is 4.69. The number of carbonyl (C=O) groups is 1. The van der Waals surface area contributed by atoms with Gasteiger partial charge in [0, 0.05) is 0 Å². The molecule has 0 N–H and O–H groups in total. The van der Waals surface area contributed by atoms with Crippen molar-refractivity contribution in [2.45, 2.75) is 25.7 Å². The van der Waals surface area contributed by atoms with Gasteiger partial charge >= 0.3 is 5.97 Å². The average molecular weight is 218 g/mol. The maximum absolute atomic E-state index is 11.6. The number of benzene rings is 1. The third-order valence-electron chi connectivity index (χ3n) is 3.43. The van der Waals surface area contributed by atoms with Crippen LogP contribution < -0.4 is 0 Å². The molecule has 2 rings (SSSR count). The fourth-order valence-corrected chi connectivity index (χ4v) is 2.43. The monoisotopic (exact) mass is 218 g/mol. The highest BCUT2D eigenvalue weighted by atomic mass is 16.5. The zero-order valence-corrected chi connectivity index (χ0v) is 9.85. The van der Waals surface area contributed by atoms with E-state index in [-0.39, 0.29) is 11.9 Å². The summed E-state index contributed by atoms with van der Waals surface area (Å²) in [5.41, 5.74) is 1.27. The highest BCUT2D eigenvalue weighted by Crippen LogP contribution is 2.46. The number of hydrogen-bond donors (Lipinski definition) is 0. The first-order valence-electron chi connectivity index (χ1n) is 5.87. The molecule has 0 radical (unpaired) electrons. The molecule has 0 aromatic heterocycles. The largest absolute Gasteiger partial charge is 0.469 e. The third kappa shape index (κ3) is 2.26. The van der Waals surface area contributed by atoms with Crippen molar-refractivity contribution in [2.24, 2.45) is 11.8 Å². The molecule has 0 aliphatic heterocycles. The maximum atomic E-state index is 11.6. The van der Waals surface area contributed by atoms with E-state index in [4.69, 9.17) is 4.74 Å². The van der Waals surface area contributed by atoms with Gasteiger partial charge in [-0.05, 0) is 30.2 Å². The van der Waals surface area contributed by atoms with Crippen molar-refractivity contribution < 1.29 is 9.53 Å². The smallest absolute Gasteiger partial charge is 0.309 e. The molecule has 16 heavy (non-hydrogen) atoms. The number of ether oxygens (including phenoxy) is 1. The van der Waals surface area contributed by atoms with Gasteiger partial charge in [0.15, 0.2) is 0 Å². The van der Waals surface area contributed by atoms with Gasteiger partial charge in [0.2, 0.25) is 0 Å². The van der Waals surface area contributed by atoms with Gasteiger partial charge in [0.25, 0.3) is 0 Å². The predicted molar refractivity (Wildman–Crippen MR) is 63.1 cm³/mol. The fraction of sp³-hybridized carbons (Fsp3) is 0.500. The third-order valence-corrected chi connectivity index (χ3v) is 3.43. The molecular weight excluding hydrogens is 200 g/mol. The summed E-state index contributed by atoms with van der Waals surface area (Å²) in [5.74, 6) is 0.853. The highest BCUT2D eigenvalue weighted by molar-refractivity contribution is 5.73. The second-order valence-electron chi connectivity index (χ2n) is 4.59. The van der Waals surface area contributed by atoms with Crippen LogP contribution in [0.4, 0.5) is 0 Å². The minimum atomic E-state index is -0.0965. The molecule has 1 unspecified atom stereocenters. The average Bonchev–Trinajstić information content (AvgIpc) is 3.14. The van der Waals surface area contributed by atoms with Gasteiger partial charge in [-0.3, -0.25) is 4.79 Å². The number of carbonyl (C=O) groups excluding carboxylic acids is 1. The molecule has 0 spiro atoms. The predicted octanol–water partition coefficient (Wildman–Crippen LogP) is 2.99. The van der Waals surface area contributed by atoms with E-state index in [9.17, 15) is 4.79 Å². The Hall–Kier alpha value is -1.31. The van der Waals surface area contributed by atoms with E-state index < -0.39 is 0 Å². The minimum absolute atomic E-state index is 0.0418. The van der Waals surface area contributed by atoms with Gasteiger partial charge < -0.3 is 4.74 Å². The van der Waals surface area contributed by atoms with E-state index in [1.165, 1.54) is 25.5 Å². The first-order chi connectivity index (χ1) is 7.74. The van der Waals surface area contributed by atoms with Gasteiger partial charge in [0.05, 0.1) is 13.0 Å². The van der Waals surface area contributed by atoms with E-state index in [1.54, 1.807) is 0 Å². The molecule has 2 atom stereocenters. The van der Waals surface area contributed by atoms with Crippen LogP contribution in [-0.4, -0.2) is 13.1 Å². The van der Waals surface area contributed by atoms with Crippen LogP contribution in [0.5, 0.6) is 0 Å². The summed E-state index contributed by atoms with van der Waals surface area (Å²) in [7, 11) is 1.47. The summed E-state index contributed by atoms with van der Waals surface area (Å²) in [6, 6.07) is 10.3. The lowest BCUT2D eigenvalue weighted by Gasteiger charge is -2.22. The van der Waals surface area contributed by atoms with Crippen molar-refractivity contribution in [3.8, 4) is 0 Å². The zero-order chi connectivity index (χ0) is 11.5. The highest BCUT2D eigenvalue weighted by Gasteiger charge is 2.38. The quantitative estimate of drug-likeness (QED) is 0.726. The molecule has 1 aliphatic carbocycles. The summed E-state index contributed by atoms with van der Waals surface area (Å²) >= 11 is 0. The Morgan fingerprint density at radius 2 is 1.94 bits per heavy atom. The molecule has 0 bridgehead atoms. The van der Waals surface area contributed by atoms with Gasteiger partial charge in [-0.2, -0.15) is 0 Å². The Labute approximate surface area is 96.6 Å². The molecule has 1 fully saturated rings.